The number of carbonyl (C=O) groups is 2. The first-order valence-corrected chi connectivity index (χ1v) is 7.72. The van der Waals surface area contributed by atoms with Crippen LogP contribution in [-0.2, 0) is 9.59 Å². The highest BCUT2D eigenvalue weighted by Gasteiger charge is 2.32. The lowest BCUT2D eigenvalue weighted by atomic mass is 10.1. The zero-order chi connectivity index (χ0) is 16.2. The van der Waals surface area contributed by atoms with Crippen LogP contribution in [0, 0.1) is 5.92 Å². The van der Waals surface area contributed by atoms with E-state index in [4.69, 9.17) is 5.11 Å². The molecule has 23 heavy (non-hydrogen) atoms. The van der Waals surface area contributed by atoms with E-state index in [1.165, 1.54) is 0 Å². The molecule has 1 saturated carbocycles. The summed E-state index contributed by atoms with van der Waals surface area (Å²) >= 11 is 0. The molecule has 0 radical (unpaired) electrons. The predicted molar refractivity (Wildman–Crippen MR) is 83.7 cm³/mol. The number of aromatic nitrogens is 2. The van der Waals surface area contributed by atoms with E-state index in [1.807, 2.05) is 30.3 Å². The Morgan fingerprint density at radius 3 is 2.61 bits per heavy atom. The summed E-state index contributed by atoms with van der Waals surface area (Å²) < 4.78 is 1.62. The number of rotatable bonds is 5. The van der Waals surface area contributed by atoms with Crippen molar-refractivity contribution in [2.75, 3.05) is 0 Å². The molecule has 120 valence electrons. The second kappa shape index (κ2) is 6.64. The molecule has 1 amide bonds. The van der Waals surface area contributed by atoms with Crippen LogP contribution >= 0.6 is 0 Å². The SMILES string of the molecule is O=C(N[C@@H]1CC[C@H](C(=O)O)C1)C(c1ccccc1)n1cccn1. The lowest BCUT2D eigenvalue weighted by molar-refractivity contribution is -0.141. The number of hydrogen-bond acceptors (Lipinski definition) is 3. The van der Waals surface area contributed by atoms with Crippen LogP contribution in [0.25, 0.3) is 0 Å². The molecule has 0 bridgehead atoms. The monoisotopic (exact) mass is 313 g/mol. The third kappa shape index (κ3) is 3.41. The summed E-state index contributed by atoms with van der Waals surface area (Å²) in [5, 5.41) is 16.3. The molecule has 0 saturated heterocycles. The van der Waals surface area contributed by atoms with E-state index in [9.17, 15) is 9.59 Å². The van der Waals surface area contributed by atoms with E-state index < -0.39 is 12.0 Å². The molecule has 1 aliphatic carbocycles. The molecule has 3 rings (SSSR count). The van der Waals surface area contributed by atoms with Gasteiger partial charge in [-0.25, -0.2) is 0 Å². The zero-order valence-electron chi connectivity index (χ0n) is 12.6. The van der Waals surface area contributed by atoms with Crippen molar-refractivity contribution in [1.29, 1.82) is 0 Å². The average Bonchev–Trinajstić information content (AvgIpc) is 3.20. The van der Waals surface area contributed by atoms with Gasteiger partial charge >= 0.3 is 5.97 Å². The average molecular weight is 313 g/mol. The highest BCUT2D eigenvalue weighted by molar-refractivity contribution is 5.84. The minimum Gasteiger partial charge on any atom is -0.481 e. The largest absolute Gasteiger partial charge is 0.481 e. The molecule has 2 N–H and O–H groups in total. The Hall–Kier alpha value is -2.63. The minimum atomic E-state index is -0.784. The number of aliphatic carboxylic acids is 1. The zero-order valence-corrected chi connectivity index (χ0v) is 12.6. The van der Waals surface area contributed by atoms with E-state index in [1.54, 1.807) is 23.1 Å². The fourth-order valence-corrected chi connectivity index (χ4v) is 3.11. The standard InChI is InChI=1S/C17H19N3O3/c21-16(19-14-8-7-13(11-14)17(22)23)15(20-10-4-9-18-20)12-5-2-1-3-6-12/h1-6,9-10,13-15H,7-8,11H2,(H,19,21)(H,22,23)/t13-,14+,15?/m0/s1. The van der Waals surface area contributed by atoms with Crippen LogP contribution < -0.4 is 5.32 Å². The lowest BCUT2D eigenvalue weighted by Crippen LogP contribution is -2.39. The van der Waals surface area contributed by atoms with E-state index >= 15 is 0 Å². The first kappa shape index (κ1) is 15.3. The number of amides is 1. The molecule has 1 heterocycles. The molecule has 0 aliphatic heterocycles. The van der Waals surface area contributed by atoms with Crippen molar-refractivity contribution in [3.05, 3.63) is 54.4 Å². The van der Waals surface area contributed by atoms with Crippen LogP contribution in [0.5, 0.6) is 0 Å². The minimum absolute atomic E-state index is 0.0922. The molecule has 1 aromatic carbocycles. The lowest BCUT2D eigenvalue weighted by Gasteiger charge is -2.20. The molecule has 1 aliphatic rings. The number of carboxylic acid groups (broad SMARTS) is 1. The highest BCUT2D eigenvalue weighted by Crippen LogP contribution is 2.27. The van der Waals surface area contributed by atoms with Crippen LogP contribution in [0.3, 0.4) is 0 Å². The van der Waals surface area contributed by atoms with Gasteiger partial charge in [0.15, 0.2) is 6.04 Å². The molecule has 1 aromatic heterocycles. The van der Waals surface area contributed by atoms with Crippen molar-refractivity contribution in [3.63, 3.8) is 0 Å². The summed E-state index contributed by atoms with van der Waals surface area (Å²) in [6, 6.07) is 10.6. The van der Waals surface area contributed by atoms with Gasteiger partial charge in [-0.1, -0.05) is 30.3 Å². The normalized spacial score (nSPS) is 21.7. The molecular weight excluding hydrogens is 294 g/mol. The van der Waals surface area contributed by atoms with Gasteiger partial charge in [-0.3, -0.25) is 14.3 Å². The molecule has 1 unspecified atom stereocenters. The summed E-state index contributed by atoms with van der Waals surface area (Å²) in [6.45, 7) is 0. The first-order chi connectivity index (χ1) is 11.1. The fourth-order valence-electron chi connectivity index (χ4n) is 3.11. The van der Waals surface area contributed by atoms with Gasteiger partial charge in [-0.2, -0.15) is 5.10 Å². The topological polar surface area (TPSA) is 84.2 Å². The Labute approximate surface area is 134 Å². The van der Waals surface area contributed by atoms with Crippen LogP contribution in [0.4, 0.5) is 0 Å². The molecule has 6 heteroatoms. The van der Waals surface area contributed by atoms with Crippen LogP contribution in [0.15, 0.2) is 48.8 Å². The van der Waals surface area contributed by atoms with Crippen molar-refractivity contribution < 1.29 is 14.7 Å². The predicted octanol–water partition coefficient (Wildman–Crippen LogP) is 1.84. The van der Waals surface area contributed by atoms with Gasteiger partial charge in [0.1, 0.15) is 0 Å². The number of carboxylic acids is 1. The summed E-state index contributed by atoms with van der Waals surface area (Å²) in [5.41, 5.74) is 0.849. The molecule has 6 nitrogen and oxygen atoms in total. The Kier molecular flexibility index (Phi) is 4.41. The van der Waals surface area contributed by atoms with Gasteiger partial charge in [0.25, 0.3) is 0 Å². The van der Waals surface area contributed by atoms with Crippen LogP contribution in [-0.4, -0.2) is 32.8 Å². The van der Waals surface area contributed by atoms with Crippen molar-refractivity contribution in [2.24, 2.45) is 5.92 Å². The number of benzene rings is 1. The first-order valence-electron chi connectivity index (χ1n) is 7.72. The maximum absolute atomic E-state index is 12.8. The number of nitrogens with one attached hydrogen (secondary N) is 1. The highest BCUT2D eigenvalue weighted by atomic mass is 16.4. The van der Waals surface area contributed by atoms with Crippen molar-refractivity contribution in [2.45, 2.75) is 31.3 Å². The maximum Gasteiger partial charge on any atom is 0.306 e. The Morgan fingerprint density at radius 1 is 1.22 bits per heavy atom. The second-order valence-corrected chi connectivity index (χ2v) is 5.85. The molecule has 3 atom stereocenters. The Morgan fingerprint density at radius 2 is 2.00 bits per heavy atom. The second-order valence-electron chi connectivity index (χ2n) is 5.85. The quantitative estimate of drug-likeness (QED) is 0.882. The third-order valence-corrected chi connectivity index (χ3v) is 4.28. The van der Waals surface area contributed by atoms with Gasteiger partial charge in [0.2, 0.25) is 5.91 Å². The van der Waals surface area contributed by atoms with Gasteiger partial charge < -0.3 is 10.4 Å². The summed E-state index contributed by atoms with van der Waals surface area (Å²) in [5.74, 6) is -1.30. The van der Waals surface area contributed by atoms with Gasteiger partial charge in [-0.05, 0) is 30.9 Å². The summed E-state index contributed by atoms with van der Waals surface area (Å²) in [4.78, 5) is 23.8. The van der Waals surface area contributed by atoms with Crippen molar-refractivity contribution in [1.82, 2.24) is 15.1 Å². The Balaban J connectivity index is 1.76. The number of nitrogens with zero attached hydrogens (tertiary/aromatic N) is 2. The van der Waals surface area contributed by atoms with Gasteiger partial charge in [0, 0.05) is 18.4 Å². The van der Waals surface area contributed by atoms with E-state index in [0.29, 0.717) is 19.3 Å². The third-order valence-electron chi connectivity index (χ3n) is 4.28. The molecule has 0 spiro atoms. The fraction of sp³-hybridized carbons (Fsp3) is 0.353. The van der Waals surface area contributed by atoms with Crippen LogP contribution in [0.2, 0.25) is 0 Å². The molecule has 2 aromatic rings. The number of carbonyl (C=O) groups excluding carboxylic acids is 1. The molecular formula is C17H19N3O3. The summed E-state index contributed by atoms with van der Waals surface area (Å²) in [6.07, 6.45) is 5.19. The number of hydrogen-bond donors (Lipinski definition) is 2. The smallest absolute Gasteiger partial charge is 0.306 e. The van der Waals surface area contributed by atoms with Crippen LogP contribution in [0.1, 0.15) is 30.9 Å². The Bertz CT molecular complexity index is 670. The van der Waals surface area contributed by atoms with Crippen molar-refractivity contribution in [3.8, 4) is 0 Å². The maximum atomic E-state index is 12.8. The van der Waals surface area contributed by atoms with E-state index in [0.717, 1.165) is 5.56 Å². The van der Waals surface area contributed by atoms with Gasteiger partial charge in [-0.15, -0.1) is 0 Å². The van der Waals surface area contributed by atoms with E-state index in [-0.39, 0.29) is 17.9 Å². The van der Waals surface area contributed by atoms with E-state index in [2.05, 4.69) is 10.4 Å². The van der Waals surface area contributed by atoms with Crippen molar-refractivity contribution >= 4 is 11.9 Å². The molecule has 1 fully saturated rings. The summed E-state index contributed by atoms with van der Waals surface area (Å²) in [7, 11) is 0. The van der Waals surface area contributed by atoms with Gasteiger partial charge in [0.05, 0.1) is 5.92 Å².